The van der Waals surface area contributed by atoms with Crippen molar-refractivity contribution in [2.24, 2.45) is 5.92 Å². The quantitative estimate of drug-likeness (QED) is 0.698. The average molecular weight is 341 g/mol. The number of benzene rings is 2. The van der Waals surface area contributed by atoms with Gasteiger partial charge >= 0.3 is 0 Å². The number of thiocarbonyl (C=S) groups is 1. The summed E-state index contributed by atoms with van der Waals surface area (Å²) >= 11 is 5.48. The Balaban J connectivity index is 1.97. The lowest BCUT2D eigenvalue weighted by Gasteiger charge is -2.19. The third-order valence-corrected chi connectivity index (χ3v) is 4.33. The minimum Gasteiger partial charge on any atom is -0.356 e. The molecule has 0 aliphatic carbocycles. The van der Waals surface area contributed by atoms with E-state index in [1.54, 1.807) is 0 Å². The van der Waals surface area contributed by atoms with Gasteiger partial charge in [-0.25, -0.2) is 0 Å². The molecular formula is C21H28N2S. The van der Waals surface area contributed by atoms with Crippen LogP contribution in [-0.4, -0.2) is 5.11 Å². The Morgan fingerprint density at radius 3 is 2.29 bits per heavy atom. The minimum atomic E-state index is 0.170. The summed E-state index contributed by atoms with van der Waals surface area (Å²) in [6.07, 6.45) is 1.12. The largest absolute Gasteiger partial charge is 0.356 e. The summed E-state index contributed by atoms with van der Waals surface area (Å²) in [5.41, 5.74) is 6.10. The van der Waals surface area contributed by atoms with E-state index in [4.69, 9.17) is 12.2 Å². The lowest BCUT2D eigenvalue weighted by Crippen LogP contribution is -2.31. The van der Waals surface area contributed by atoms with Crippen LogP contribution in [0, 0.1) is 19.8 Å². The van der Waals surface area contributed by atoms with Crippen molar-refractivity contribution in [1.82, 2.24) is 5.32 Å². The third kappa shape index (κ3) is 5.34. The molecule has 1 atom stereocenters. The maximum atomic E-state index is 5.48. The molecule has 3 heteroatoms. The molecule has 24 heavy (non-hydrogen) atoms. The molecule has 0 amide bonds. The van der Waals surface area contributed by atoms with Crippen molar-refractivity contribution >= 4 is 23.0 Å². The van der Waals surface area contributed by atoms with Crippen molar-refractivity contribution in [1.29, 1.82) is 0 Å². The molecule has 0 radical (unpaired) electrons. The fourth-order valence-corrected chi connectivity index (χ4v) is 3.01. The van der Waals surface area contributed by atoms with Gasteiger partial charge in [0.05, 0.1) is 6.04 Å². The number of nitrogens with one attached hydrogen (secondary N) is 2. The first-order chi connectivity index (χ1) is 11.3. The van der Waals surface area contributed by atoms with Crippen LogP contribution in [-0.2, 0) is 6.42 Å². The van der Waals surface area contributed by atoms with Gasteiger partial charge in [-0.2, -0.15) is 0 Å². The molecule has 2 aromatic carbocycles. The normalized spacial score (nSPS) is 12.1. The molecule has 0 spiro atoms. The Morgan fingerprint density at radius 1 is 1.00 bits per heavy atom. The molecule has 2 aromatic rings. The number of aryl methyl sites for hydroxylation is 2. The zero-order chi connectivity index (χ0) is 17.7. The Morgan fingerprint density at radius 2 is 1.67 bits per heavy atom. The Kier molecular flexibility index (Phi) is 6.38. The molecule has 0 aromatic heterocycles. The van der Waals surface area contributed by atoms with Crippen molar-refractivity contribution in [3.05, 3.63) is 64.7 Å². The van der Waals surface area contributed by atoms with Gasteiger partial charge in [-0.05, 0) is 73.6 Å². The topological polar surface area (TPSA) is 24.1 Å². The maximum absolute atomic E-state index is 5.48. The molecule has 1 unspecified atom stereocenters. The van der Waals surface area contributed by atoms with Gasteiger partial charge in [0.2, 0.25) is 0 Å². The fourth-order valence-electron chi connectivity index (χ4n) is 2.72. The zero-order valence-corrected chi connectivity index (χ0v) is 16.1. The van der Waals surface area contributed by atoms with Gasteiger partial charge in [0, 0.05) is 5.69 Å². The Labute approximate surface area is 151 Å². The molecule has 0 fully saturated rings. The van der Waals surface area contributed by atoms with E-state index in [0.717, 1.165) is 12.1 Å². The van der Waals surface area contributed by atoms with Gasteiger partial charge in [0.1, 0.15) is 0 Å². The molecule has 0 aliphatic rings. The molecule has 0 bridgehead atoms. The first-order valence-electron chi connectivity index (χ1n) is 8.58. The van der Waals surface area contributed by atoms with Crippen molar-refractivity contribution in [2.75, 3.05) is 5.32 Å². The summed E-state index contributed by atoms with van der Waals surface area (Å²) in [7, 11) is 0. The van der Waals surface area contributed by atoms with Crippen LogP contribution in [0.2, 0.25) is 0 Å². The van der Waals surface area contributed by atoms with Crippen LogP contribution in [0.1, 0.15) is 49.1 Å². The zero-order valence-electron chi connectivity index (χ0n) is 15.3. The van der Waals surface area contributed by atoms with E-state index in [2.05, 4.69) is 87.7 Å². The monoisotopic (exact) mass is 340 g/mol. The molecular weight excluding hydrogens is 312 g/mol. The highest BCUT2D eigenvalue weighted by Crippen LogP contribution is 2.18. The Bertz CT molecular complexity index is 689. The van der Waals surface area contributed by atoms with E-state index in [1.165, 1.54) is 22.3 Å². The number of hydrogen-bond acceptors (Lipinski definition) is 1. The molecule has 2 N–H and O–H groups in total. The number of rotatable bonds is 5. The SMILES string of the molecule is Cc1ccc(C)c(NC(=S)NC(C)c2ccc(CC(C)C)cc2)c1. The summed E-state index contributed by atoms with van der Waals surface area (Å²) in [6, 6.07) is 15.3. The second kappa shape index (κ2) is 8.29. The Hall–Kier alpha value is -1.87. The highest BCUT2D eigenvalue weighted by atomic mass is 32.1. The third-order valence-electron chi connectivity index (χ3n) is 4.11. The van der Waals surface area contributed by atoms with Crippen molar-refractivity contribution < 1.29 is 0 Å². The van der Waals surface area contributed by atoms with Gasteiger partial charge < -0.3 is 10.6 Å². The van der Waals surface area contributed by atoms with Gasteiger partial charge in [0.25, 0.3) is 0 Å². The highest BCUT2D eigenvalue weighted by Gasteiger charge is 2.08. The predicted octanol–water partition coefficient (Wildman–Crippen LogP) is 5.55. The molecule has 2 rings (SSSR count). The van der Waals surface area contributed by atoms with E-state index in [0.29, 0.717) is 11.0 Å². The van der Waals surface area contributed by atoms with Gasteiger partial charge in [-0.15, -0.1) is 0 Å². The molecule has 128 valence electrons. The lowest BCUT2D eigenvalue weighted by atomic mass is 10.00. The van der Waals surface area contributed by atoms with E-state index in [1.807, 2.05) is 0 Å². The smallest absolute Gasteiger partial charge is 0.171 e. The summed E-state index contributed by atoms with van der Waals surface area (Å²) in [5, 5.41) is 7.34. The van der Waals surface area contributed by atoms with Gasteiger partial charge in [0.15, 0.2) is 5.11 Å². The maximum Gasteiger partial charge on any atom is 0.171 e. The van der Waals surface area contributed by atoms with Crippen LogP contribution in [0.4, 0.5) is 5.69 Å². The summed E-state index contributed by atoms with van der Waals surface area (Å²) in [4.78, 5) is 0. The van der Waals surface area contributed by atoms with Gasteiger partial charge in [-0.3, -0.25) is 0 Å². The first-order valence-corrected chi connectivity index (χ1v) is 8.99. The van der Waals surface area contributed by atoms with Crippen LogP contribution >= 0.6 is 12.2 Å². The van der Waals surface area contributed by atoms with Crippen molar-refractivity contribution in [2.45, 2.75) is 47.1 Å². The van der Waals surface area contributed by atoms with Crippen LogP contribution < -0.4 is 10.6 Å². The predicted molar refractivity (Wildman–Crippen MR) is 109 cm³/mol. The second-order valence-corrected chi connectivity index (χ2v) is 7.39. The van der Waals surface area contributed by atoms with E-state index >= 15 is 0 Å². The van der Waals surface area contributed by atoms with Crippen LogP contribution in [0.3, 0.4) is 0 Å². The number of anilines is 1. The lowest BCUT2D eigenvalue weighted by molar-refractivity contribution is 0.646. The van der Waals surface area contributed by atoms with E-state index in [-0.39, 0.29) is 6.04 Å². The van der Waals surface area contributed by atoms with Crippen LogP contribution in [0.25, 0.3) is 0 Å². The van der Waals surface area contributed by atoms with E-state index < -0.39 is 0 Å². The molecule has 0 aliphatic heterocycles. The number of hydrogen-bond donors (Lipinski definition) is 2. The van der Waals surface area contributed by atoms with Crippen LogP contribution in [0.5, 0.6) is 0 Å². The standard InChI is InChI=1S/C21H28N2S/c1-14(2)12-18-8-10-19(11-9-18)17(5)22-21(24)23-20-13-15(3)6-7-16(20)4/h6-11,13-14,17H,12H2,1-5H3,(H2,22,23,24). The summed E-state index contributed by atoms with van der Waals surface area (Å²) < 4.78 is 0. The molecule has 0 heterocycles. The summed E-state index contributed by atoms with van der Waals surface area (Å²) in [6.45, 7) is 10.8. The molecule has 0 saturated heterocycles. The molecule has 2 nitrogen and oxygen atoms in total. The van der Waals surface area contributed by atoms with Crippen molar-refractivity contribution in [3.63, 3.8) is 0 Å². The van der Waals surface area contributed by atoms with Gasteiger partial charge in [-0.1, -0.05) is 50.2 Å². The second-order valence-electron chi connectivity index (χ2n) is 6.98. The fraction of sp³-hybridized carbons (Fsp3) is 0.381. The van der Waals surface area contributed by atoms with Crippen LogP contribution in [0.15, 0.2) is 42.5 Å². The molecule has 0 saturated carbocycles. The highest BCUT2D eigenvalue weighted by molar-refractivity contribution is 7.80. The van der Waals surface area contributed by atoms with Crippen molar-refractivity contribution in [3.8, 4) is 0 Å². The average Bonchev–Trinajstić information content (AvgIpc) is 2.51. The summed E-state index contributed by atoms with van der Waals surface area (Å²) in [5.74, 6) is 0.681. The first kappa shape index (κ1) is 18.5. The minimum absolute atomic E-state index is 0.170. The van der Waals surface area contributed by atoms with E-state index in [9.17, 15) is 0 Å².